The van der Waals surface area contributed by atoms with Crippen molar-refractivity contribution in [3.63, 3.8) is 0 Å². The first-order chi connectivity index (χ1) is 12.8. The van der Waals surface area contributed by atoms with Crippen LogP contribution < -0.4 is 9.46 Å². The Kier molecular flexibility index (Phi) is 5.64. The van der Waals surface area contributed by atoms with Crippen molar-refractivity contribution in [3.8, 4) is 5.75 Å². The van der Waals surface area contributed by atoms with E-state index in [4.69, 9.17) is 16.3 Å². The summed E-state index contributed by atoms with van der Waals surface area (Å²) in [6.45, 7) is 1.57. The Morgan fingerprint density at radius 3 is 2.63 bits per heavy atom. The Labute approximate surface area is 163 Å². The van der Waals surface area contributed by atoms with Crippen molar-refractivity contribution in [2.75, 3.05) is 4.72 Å². The number of rotatable bonds is 6. The number of hydrogen-bond acceptors (Lipinski definition) is 5. The Bertz CT molecular complexity index is 1060. The van der Waals surface area contributed by atoms with Crippen LogP contribution in [0, 0.1) is 11.6 Å². The highest BCUT2D eigenvalue weighted by Crippen LogP contribution is 2.34. The number of nitrogens with zero attached hydrogens (tertiary/aromatic N) is 1. The molecule has 1 N–H and O–H groups in total. The molecule has 0 spiro atoms. The first kappa shape index (κ1) is 19.5. The van der Waals surface area contributed by atoms with E-state index in [0.717, 1.165) is 12.1 Å². The summed E-state index contributed by atoms with van der Waals surface area (Å²) in [7, 11) is -4.22. The standard InChI is InChI=1S/C17H13ClF2N2O3S2/c1-10(11-4-2-3-5-13(11)19)25-15-7-14(20)16(6-12(15)18)27(23,24)22-17-8-26-9-21-17/h2-10,22H,1H3. The fourth-order valence-corrected chi connectivity index (χ4v) is 4.24. The smallest absolute Gasteiger partial charge is 0.266 e. The maximum Gasteiger partial charge on any atom is 0.266 e. The van der Waals surface area contributed by atoms with E-state index in [0.29, 0.717) is 0 Å². The molecule has 5 nitrogen and oxygen atoms in total. The molecular weight excluding hydrogens is 418 g/mol. The average molecular weight is 431 g/mol. The molecule has 3 aromatic rings. The number of benzene rings is 2. The second-order valence-corrected chi connectivity index (χ2v) is 8.25. The molecule has 0 fully saturated rings. The number of halogens is 3. The van der Waals surface area contributed by atoms with Crippen LogP contribution in [0.5, 0.6) is 5.75 Å². The summed E-state index contributed by atoms with van der Waals surface area (Å²) in [5.41, 5.74) is 1.69. The molecule has 0 saturated heterocycles. The molecule has 2 aromatic carbocycles. The van der Waals surface area contributed by atoms with Gasteiger partial charge in [0.1, 0.15) is 28.4 Å². The Balaban J connectivity index is 1.88. The van der Waals surface area contributed by atoms with Crippen LogP contribution in [0.4, 0.5) is 14.6 Å². The lowest BCUT2D eigenvalue weighted by molar-refractivity contribution is 0.220. The number of thiazole rings is 1. The van der Waals surface area contributed by atoms with Crippen molar-refractivity contribution in [1.82, 2.24) is 4.98 Å². The molecule has 0 radical (unpaired) electrons. The predicted octanol–water partition coefficient (Wildman–Crippen LogP) is 5.02. The van der Waals surface area contributed by atoms with Gasteiger partial charge in [0.2, 0.25) is 0 Å². The number of hydrogen-bond donors (Lipinski definition) is 1. The summed E-state index contributed by atoms with van der Waals surface area (Å²) in [6, 6.07) is 7.77. The van der Waals surface area contributed by atoms with Gasteiger partial charge in [-0.05, 0) is 19.1 Å². The molecule has 0 bridgehead atoms. The minimum Gasteiger partial charge on any atom is -0.484 e. The zero-order valence-corrected chi connectivity index (χ0v) is 16.2. The zero-order valence-electron chi connectivity index (χ0n) is 13.8. The van der Waals surface area contributed by atoms with Crippen LogP contribution in [0.2, 0.25) is 5.02 Å². The molecular formula is C17H13ClF2N2O3S2. The van der Waals surface area contributed by atoms with Crippen LogP contribution >= 0.6 is 22.9 Å². The fourth-order valence-electron chi connectivity index (χ4n) is 2.32. The van der Waals surface area contributed by atoms with Crippen molar-refractivity contribution in [1.29, 1.82) is 0 Å². The molecule has 1 unspecified atom stereocenters. The van der Waals surface area contributed by atoms with Crippen LogP contribution in [-0.2, 0) is 10.0 Å². The lowest BCUT2D eigenvalue weighted by Gasteiger charge is -2.17. The van der Waals surface area contributed by atoms with Crippen LogP contribution in [-0.4, -0.2) is 13.4 Å². The number of sulfonamides is 1. The van der Waals surface area contributed by atoms with Gasteiger partial charge in [-0.25, -0.2) is 22.2 Å². The van der Waals surface area contributed by atoms with E-state index in [9.17, 15) is 17.2 Å². The SMILES string of the molecule is CC(Oc1cc(F)c(S(=O)(=O)Nc2cscn2)cc1Cl)c1ccccc1F. The van der Waals surface area contributed by atoms with E-state index >= 15 is 0 Å². The molecule has 0 aliphatic rings. The Morgan fingerprint density at radius 1 is 1.22 bits per heavy atom. The number of aromatic nitrogens is 1. The van der Waals surface area contributed by atoms with Crippen LogP contribution in [0.25, 0.3) is 0 Å². The van der Waals surface area contributed by atoms with E-state index in [1.807, 2.05) is 0 Å². The predicted molar refractivity (Wildman–Crippen MR) is 99.8 cm³/mol. The van der Waals surface area contributed by atoms with Crippen molar-refractivity contribution in [2.45, 2.75) is 17.9 Å². The maximum atomic E-state index is 14.4. The van der Waals surface area contributed by atoms with Gasteiger partial charge in [0.25, 0.3) is 10.0 Å². The molecule has 1 aromatic heterocycles. The highest BCUT2D eigenvalue weighted by molar-refractivity contribution is 7.92. The van der Waals surface area contributed by atoms with Gasteiger partial charge in [0.05, 0.1) is 10.5 Å². The van der Waals surface area contributed by atoms with Gasteiger partial charge in [-0.15, -0.1) is 11.3 Å². The number of nitrogens with one attached hydrogen (secondary N) is 1. The molecule has 1 heterocycles. The minimum absolute atomic E-state index is 0.0732. The third-order valence-corrected chi connectivity index (χ3v) is 5.85. The third-order valence-electron chi connectivity index (χ3n) is 3.59. The minimum atomic E-state index is -4.22. The molecule has 3 rings (SSSR count). The largest absolute Gasteiger partial charge is 0.484 e. The first-order valence-electron chi connectivity index (χ1n) is 7.59. The van der Waals surface area contributed by atoms with Gasteiger partial charge < -0.3 is 4.74 Å². The molecule has 0 saturated carbocycles. The van der Waals surface area contributed by atoms with Crippen molar-refractivity contribution >= 4 is 38.8 Å². The molecule has 0 aliphatic heterocycles. The van der Waals surface area contributed by atoms with Gasteiger partial charge >= 0.3 is 0 Å². The highest BCUT2D eigenvalue weighted by atomic mass is 35.5. The Morgan fingerprint density at radius 2 is 1.96 bits per heavy atom. The molecule has 142 valence electrons. The van der Waals surface area contributed by atoms with E-state index in [-0.39, 0.29) is 22.2 Å². The van der Waals surface area contributed by atoms with Crippen molar-refractivity contribution < 1.29 is 21.9 Å². The first-order valence-corrected chi connectivity index (χ1v) is 10.4. The second-order valence-electron chi connectivity index (χ2n) is 5.47. The zero-order chi connectivity index (χ0) is 19.6. The van der Waals surface area contributed by atoms with Crippen LogP contribution in [0.3, 0.4) is 0 Å². The van der Waals surface area contributed by atoms with Crippen LogP contribution in [0.15, 0.2) is 52.2 Å². The maximum absolute atomic E-state index is 14.4. The van der Waals surface area contributed by atoms with Crippen molar-refractivity contribution in [3.05, 3.63) is 69.5 Å². The summed E-state index contributed by atoms with van der Waals surface area (Å²) in [5, 5.41) is 1.34. The van der Waals surface area contributed by atoms with Gasteiger partial charge in [0.15, 0.2) is 5.82 Å². The monoisotopic (exact) mass is 430 g/mol. The van der Waals surface area contributed by atoms with Gasteiger partial charge in [-0.3, -0.25) is 4.72 Å². The topological polar surface area (TPSA) is 68.3 Å². The highest BCUT2D eigenvalue weighted by Gasteiger charge is 2.24. The van der Waals surface area contributed by atoms with E-state index in [2.05, 4.69) is 9.71 Å². The van der Waals surface area contributed by atoms with Crippen molar-refractivity contribution in [2.24, 2.45) is 0 Å². The quantitative estimate of drug-likeness (QED) is 0.596. The van der Waals surface area contributed by atoms with E-state index in [1.165, 1.54) is 40.4 Å². The second kappa shape index (κ2) is 7.79. The number of anilines is 1. The van der Waals surface area contributed by atoms with Crippen LogP contribution in [0.1, 0.15) is 18.6 Å². The molecule has 27 heavy (non-hydrogen) atoms. The van der Waals surface area contributed by atoms with E-state index < -0.39 is 32.7 Å². The lowest BCUT2D eigenvalue weighted by Crippen LogP contribution is -2.15. The normalized spacial score (nSPS) is 12.6. The fraction of sp³-hybridized carbons (Fsp3) is 0.118. The summed E-state index contributed by atoms with van der Waals surface area (Å²) < 4.78 is 60.6. The van der Waals surface area contributed by atoms with E-state index in [1.54, 1.807) is 13.0 Å². The number of ether oxygens (including phenoxy) is 1. The molecule has 10 heteroatoms. The summed E-state index contributed by atoms with van der Waals surface area (Å²) in [6.07, 6.45) is -0.765. The molecule has 1 atom stereocenters. The summed E-state index contributed by atoms with van der Waals surface area (Å²) >= 11 is 7.25. The average Bonchev–Trinajstić information content (AvgIpc) is 3.10. The van der Waals surface area contributed by atoms with Gasteiger partial charge in [-0.2, -0.15) is 0 Å². The summed E-state index contributed by atoms with van der Waals surface area (Å²) in [5.74, 6) is -1.56. The third kappa shape index (κ3) is 4.37. The summed E-state index contributed by atoms with van der Waals surface area (Å²) in [4.78, 5) is 3.14. The molecule has 0 aliphatic carbocycles. The lowest BCUT2D eigenvalue weighted by atomic mass is 10.1. The Hall–Kier alpha value is -2.23. The van der Waals surface area contributed by atoms with Gasteiger partial charge in [-0.1, -0.05) is 29.8 Å². The molecule has 0 amide bonds. The van der Waals surface area contributed by atoms with Gasteiger partial charge in [0, 0.05) is 17.0 Å².